The molecule has 3 aromatic rings. The third-order valence-corrected chi connectivity index (χ3v) is 2.36. The summed E-state index contributed by atoms with van der Waals surface area (Å²) < 4.78 is 6.11. The van der Waals surface area contributed by atoms with Crippen LogP contribution in [0.15, 0.2) is 17.2 Å². The zero-order valence-corrected chi connectivity index (χ0v) is 8.98. The van der Waals surface area contributed by atoms with E-state index in [9.17, 15) is 0 Å². The van der Waals surface area contributed by atoms with Gasteiger partial charge in [0.2, 0.25) is 0 Å². The Bertz CT molecular complexity index is 751. The summed E-state index contributed by atoms with van der Waals surface area (Å²) in [6, 6.07) is 2.03. The Balaban J connectivity index is 2.32. The summed E-state index contributed by atoms with van der Waals surface area (Å²) in [6.45, 7) is 0.0646. The molecule has 0 aliphatic heterocycles. The van der Waals surface area contributed by atoms with E-state index in [0.717, 1.165) is 0 Å². The zero-order chi connectivity index (χ0) is 12.5. The predicted molar refractivity (Wildman–Crippen MR) is 58.6 cm³/mol. The number of nitrogens with two attached hydrogens (primary N) is 1. The first-order valence-corrected chi connectivity index (χ1v) is 4.93. The number of nitrogen functional groups attached to an aromatic ring is 1. The number of hydrogen-bond donors (Lipinski definition) is 1. The number of imidazole rings is 1. The quantitative estimate of drug-likeness (QED) is 0.662. The molecule has 0 atom stereocenters. The van der Waals surface area contributed by atoms with E-state index in [2.05, 4.69) is 29.9 Å². The molecule has 3 aromatic heterocycles. The normalized spacial score (nSPS) is 10.6. The molecule has 0 amide bonds. The first kappa shape index (κ1) is 10.2. The van der Waals surface area contributed by atoms with Crippen LogP contribution in [0.4, 0.5) is 5.82 Å². The van der Waals surface area contributed by atoms with Gasteiger partial charge in [-0.15, -0.1) is 0 Å². The van der Waals surface area contributed by atoms with Crippen LogP contribution in [0.5, 0.6) is 0 Å². The number of nitrogens with zero attached hydrogens (tertiary/aromatic N) is 7. The minimum absolute atomic E-state index is 0.0646. The SMILES string of the molecule is N#CCn1c(-c2nonc2N)nc2cncnc21. The average Bonchev–Trinajstić information content (AvgIpc) is 2.94. The monoisotopic (exact) mass is 242 g/mol. The van der Waals surface area contributed by atoms with Crippen LogP contribution in [0.1, 0.15) is 0 Å². The zero-order valence-electron chi connectivity index (χ0n) is 8.98. The van der Waals surface area contributed by atoms with Crippen molar-refractivity contribution in [3.63, 3.8) is 0 Å². The predicted octanol–water partition coefficient (Wildman–Crippen LogP) is -0.0179. The van der Waals surface area contributed by atoms with E-state index in [1.807, 2.05) is 6.07 Å². The fourth-order valence-corrected chi connectivity index (χ4v) is 1.63. The van der Waals surface area contributed by atoms with Gasteiger partial charge in [-0.2, -0.15) is 5.26 Å². The first-order chi connectivity index (χ1) is 8.81. The van der Waals surface area contributed by atoms with Crippen LogP contribution < -0.4 is 5.73 Å². The molecule has 0 unspecified atom stereocenters. The minimum Gasteiger partial charge on any atom is -0.379 e. The molecule has 0 bridgehead atoms. The molecule has 0 aromatic carbocycles. The van der Waals surface area contributed by atoms with Crippen molar-refractivity contribution in [3.8, 4) is 17.6 Å². The van der Waals surface area contributed by atoms with Crippen LogP contribution in [-0.4, -0.2) is 29.8 Å². The van der Waals surface area contributed by atoms with Gasteiger partial charge in [-0.25, -0.2) is 19.6 Å². The highest BCUT2D eigenvalue weighted by molar-refractivity contribution is 5.77. The van der Waals surface area contributed by atoms with E-state index in [1.54, 1.807) is 10.8 Å². The molecule has 9 heteroatoms. The van der Waals surface area contributed by atoms with Gasteiger partial charge in [-0.1, -0.05) is 0 Å². The van der Waals surface area contributed by atoms with Crippen LogP contribution >= 0.6 is 0 Å². The summed E-state index contributed by atoms with van der Waals surface area (Å²) in [5, 5.41) is 16.0. The summed E-state index contributed by atoms with van der Waals surface area (Å²) in [5.74, 6) is 0.489. The molecule has 2 N–H and O–H groups in total. The van der Waals surface area contributed by atoms with Crippen molar-refractivity contribution in [1.29, 1.82) is 5.26 Å². The number of aromatic nitrogens is 6. The molecule has 0 aliphatic rings. The summed E-state index contributed by atoms with van der Waals surface area (Å²) in [7, 11) is 0. The molecule has 3 rings (SSSR count). The standard InChI is InChI=1S/C9H6N8O/c10-1-2-17-8-5(3-12-4-13-8)14-9(17)6-7(11)16-18-15-6/h3-4H,2H2,(H2,11,16). The summed E-state index contributed by atoms with van der Waals surface area (Å²) in [5.41, 5.74) is 6.98. The second-order valence-electron chi connectivity index (χ2n) is 3.41. The summed E-state index contributed by atoms with van der Waals surface area (Å²) in [4.78, 5) is 12.2. The van der Waals surface area contributed by atoms with Crippen LogP contribution in [0.3, 0.4) is 0 Å². The van der Waals surface area contributed by atoms with Gasteiger partial charge in [0.05, 0.1) is 12.3 Å². The average molecular weight is 242 g/mol. The van der Waals surface area contributed by atoms with Gasteiger partial charge in [-0.05, 0) is 10.3 Å². The largest absolute Gasteiger partial charge is 0.379 e. The fraction of sp³-hybridized carbons (Fsp3) is 0.111. The van der Waals surface area contributed by atoms with Crippen molar-refractivity contribution < 1.29 is 4.63 Å². The second-order valence-corrected chi connectivity index (χ2v) is 3.41. The number of fused-ring (bicyclic) bond motifs is 1. The van der Waals surface area contributed by atoms with E-state index in [4.69, 9.17) is 11.0 Å². The van der Waals surface area contributed by atoms with Gasteiger partial charge < -0.3 is 5.73 Å². The molecule has 3 heterocycles. The van der Waals surface area contributed by atoms with Crippen molar-refractivity contribution >= 4 is 17.0 Å². The van der Waals surface area contributed by atoms with E-state index in [1.165, 1.54) is 6.33 Å². The van der Waals surface area contributed by atoms with Gasteiger partial charge in [0.25, 0.3) is 0 Å². The molecule has 0 saturated carbocycles. The van der Waals surface area contributed by atoms with Gasteiger partial charge in [0, 0.05) is 0 Å². The molecule has 0 saturated heterocycles. The maximum Gasteiger partial charge on any atom is 0.199 e. The van der Waals surface area contributed by atoms with Crippen LogP contribution in [0.25, 0.3) is 22.7 Å². The highest BCUT2D eigenvalue weighted by Crippen LogP contribution is 2.24. The number of hydrogen-bond acceptors (Lipinski definition) is 8. The van der Waals surface area contributed by atoms with E-state index >= 15 is 0 Å². The highest BCUT2D eigenvalue weighted by Gasteiger charge is 2.19. The van der Waals surface area contributed by atoms with Gasteiger partial charge >= 0.3 is 0 Å². The Morgan fingerprint density at radius 2 is 2.33 bits per heavy atom. The molecule has 88 valence electrons. The maximum atomic E-state index is 8.86. The number of rotatable bonds is 2. The van der Waals surface area contributed by atoms with Crippen LogP contribution in [0, 0.1) is 11.3 Å². The highest BCUT2D eigenvalue weighted by atomic mass is 16.6. The Kier molecular flexibility index (Phi) is 2.13. The van der Waals surface area contributed by atoms with Crippen molar-refractivity contribution in [3.05, 3.63) is 12.5 Å². The molecule has 0 spiro atoms. The smallest absolute Gasteiger partial charge is 0.199 e. The Morgan fingerprint density at radius 1 is 1.44 bits per heavy atom. The van der Waals surface area contributed by atoms with E-state index < -0.39 is 0 Å². The lowest BCUT2D eigenvalue weighted by Gasteiger charge is -2.00. The Labute approximate surface area is 99.8 Å². The minimum atomic E-state index is 0.0646. The molecule has 9 nitrogen and oxygen atoms in total. The molecule has 0 fully saturated rings. The Morgan fingerprint density at radius 3 is 3.06 bits per heavy atom. The van der Waals surface area contributed by atoms with Crippen LogP contribution in [0.2, 0.25) is 0 Å². The third kappa shape index (κ3) is 1.36. The lowest BCUT2D eigenvalue weighted by molar-refractivity contribution is 0.310. The van der Waals surface area contributed by atoms with Crippen LogP contribution in [-0.2, 0) is 6.54 Å². The maximum absolute atomic E-state index is 8.86. The van der Waals surface area contributed by atoms with Gasteiger partial charge in [0.15, 0.2) is 23.0 Å². The van der Waals surface area contributed by atoms with Crippen molar-refractivity contribution in [2.45, 2.75) is 6.54 Å². The number of anilines is 1. The number of nitriles is 1. The summed E-state index contributed by atoms with van der Waals surface area (Å²) in [6.07, 6.45) is 2.93. The van der Waals surface area contributed by atoms with E-state index in [0.29, 0.717) is 17.0 Å². The molecule has 18 heavy (non-hydrogen) atoms. The molecular weight excluding hydrogens is 236 g/mol. The van der Waals surface area contributed by atoms with Crippen molar-refractivity contribution in [2.75, 3.05) is 5.73 Å². The lowest BCUT2D eigenvalue weighted by Crippen LogP contribution is -2.01. The van der Waals surface area contributed by atoms with E-state index in [-0.39, 0.29) is 18.1 Å². The van der Waals surface area contributed by atoms with Gasteiger partial charge in [-0.3, -0.25) is 4.57 Å². The third-order valence-electron chi connectivity index (χ3n) is 2.36. The first-order valence-electron chi connectivity index (χ1n) is 4.93. The summed E-state index contributed by atoms with van der Waals surface area (Å²) >= 11 is 0. The lowest BCUT2D eigenvalue weighted by atomic mass is 10.4. The van der Waals surface area contributed by atoms with Gasteiger partial charge in [0.1, 0.15) is 18.4 Å². The molecular formula is C9H6N8O. The second kappa shape index (κ2) is 3.77. The molecule has 0 radical (unpaired) electrons. The molecule has 0 aliphatic carbocycles. The van der Waals surface area contributed by atoms with Crippen molar-refractivity contribution in [2.24, 2.45) is 0 Å². The fourth-order valence-electron chi connectivity index (χ4n) is 1.63. The topological polar surface area (TPSA) is 132 Å². The Hall–Kier alpha value is -3.02. The van der Waals surface area contributed by atoms with Crippen molar-refractivity contribution in [1.82, 2.24) is 29.8 Å².